The van der Waals surface area contributed by atoms with Crippen molar-refractivity contribution in [1.29, 1.82) is 0 Å². The zero-order chi connectivity index (χ0) is 18.7. The van der Waals surface area contributed by atoms with Gasteiger partial charge in [0.05, 0.1) is 0 Å². The molecule has 138 valence electrons. The van der Waals surface area contributed by atoms with Crippen molar-refractivity contribution in [2.75, 3.05) is 38.1 Å². The van der Waals surface area contributed by atoms with Crippen LogP contribution in [0.15, 0.2) is 30.5 Å². The van der Waals surface area contributed by atoms with Gasteiger partial charge in [0.25, 0.3) is 5.91 Å². The summed E-state index contributed by atoms with van der Waals surface area (Å²) in [7, 11) is 2.10. The summed E-state index contributed by atoms with van der Waals surface area (Å²) in [5.74, 6) is 0.323. The summed E-state index contributed by atoms with van der Waals surface area (Å²) in [6, 6.07) is 6.51. The Morgan fingerprint density at radius 3 is 2.50 bits per heavy atom. The summed E-state index contributed by atoms with van der Waals surface area (Å²) in [5.41, 5.74) is 1.51. The van der Waals surface area contributed by atoms with E-state index in [1.165, 1.54) is 12.1 Å². The number of piperazine rings is 1. The van der Waals surface area contributed by atoms with Gasteiger partial charge in [-0.25, -0.2) is 4.98 Å². The van der Waals surface area contributed by atoms with Crippen molar-refractivity contribution in [3.05, 3.63) is 47.2 Å². The molecule has 26 heavy (non-hydrogen) atoms. The first kappa shape index (κ1) is 18.0. The topological polar surface area (TPSA) is 88.9 Å². The zero-order valence-electron chi connectivity index (χ0n) is 15.1. The average Bonchev–Trinajstić information content (AvgIpc) is 2.64. The second kappa shape index (κ2) is 7.61. The van der Waals surface area contributed by atoms with Crippen LogP contribution < -0.4 is 10.2 Å². The highest BCUT2D eigenvalue weighted by atomic mass is 16.3. The van der Waals surface area contributed by atoms with E-state index in [0.29, 0.717) is 12.1 Å². The van der Waals surface area contributed by atoms with Crippen molar-refractivity contribution in [3.63, 3.8) is 0 Å². The van der Waals surface area contributed by atoms with E-state index in [1.807, 2.05) is 12.1 Å². The maximum absolute atomic E-state index is 12.4. The highest BCUT2D eigenvalue weighted by Gasteiger charge is 2.18. The van der Waals surface area contributed by atoms with Crippen LogP contribution in [0.25, 0.3) is 0 Å². The Labute approximate surface area is 152 Å². The summed E-state index contributed by atoms with van der Waals surface area (Å²) >= 11 is 0. The van der Waals surface area contributed by atoms with Crippen molar-refractivity contribution >= 4 is 11.7 Å². The number of benzene rings is 1. The van der Waals surface area contributed by atoms with E-state index in [9.17, 15) is 15.0 Å². The summed E-state index contributed by atoms with van der Waals surface area (Å²) in [4.78, 5) is 21.4. The number of amides is 1. The molecule has 7 nitrogen and oxygen atoms in total. The van der Waals surface area contributed by atoms with Gasteiger partial charge in [0.15, 0.2) is 0 Å². The minimum Gasteiger partial charge on any atom is -0.508 e. The SMILES string of the molecule is Cc1c(O)cc(C(=O)NCc2cccnc2N2CCN(C)CC2)cc1O. The average molecular weight is 356 g/mol. The predicted octanol–water partition coefficient (Wildman–Crippen LogP) is 1.48. The molecular weight excluding hydrogens is 332 g/mol. The molecule has 1 amide bonds. The Bertz CT molecular complexity index is 778. The molecule has 1 fully saturated rings. The first-order valence-corrected chi connectivity index (χ1v) is 8.64. The number of phenols is 2. The molecular formula is C19H24N4O3. The lowest BCUT2D eigenvalue weighted by Gasteiger charge is -2.34. The van der Waals surface area contributed by atoms with Gasteiger partial charge in [-0.05, 0) is 32.2 Å². The van der Waals surface area contributed by atoms with E-state index < -0.39 is 0 Å². The van der Waals surface area contributed by atoms with Gasteiger partial charge >= 0.3 is 0 Å². The van der Waals surface area contributed by atoms with Gasteiger partial charge in [0.1, 0.15) is 17.3 Å². The summed E-state index contributed by atoms with van der Waals surface area (Å²) in [5, 5.41) is 22.4. The van der Waals surface area contributed by atoms with Crippen molar-refractivity contribution in [1.82, 2.24) is 15.2 Å². The smallest absolute Gasteiger partial charge is 0.251 e. The third-order valence-electron chi connectivity index (χ3n) is 4.72. The molecule has 1 aliphatic heterocycles. The third kappa shape index (κ3) is 3.88. The van der Waals surface area contributed by atoms with Gasteiger partial charge in [0.2, 0.25) is 0 Å². The molecule has 0 bridgehead atoms. The quantitative estimate of drug-likeness (QED) is 0.769. The highest BCUT2D eigenvalue weighted by Crippen LogP contribution is 2.27. The number of nitrogens with zero attached hydrogens (tertiary/aromatic N) is 3. The first-order valence-electron chi connectivity index (χ1n) is 8.64. The van der Waals surface area contributed by atoms with E-state index in [0.717, 1.165) is 37.6 Å². The molecule has 1 aromatic carbocycles. The number of phenolic OH excluding ortho intramolecular Hbond substituents is 2. The lowest BCUT2D eigenvalue weighted by atomic mass is 10.1. The second-order valence-electron chi connectivity index (χ2n) is 6.60. The molecule has 0 spiro atoms. The lowest BCUT2D eigenvalue weighted by Crippen LogP contribution is -2.45. The molecule has 7 heteroatoms. The molecule has 0 unspecified atom stereocenters. The van der Waals surface area contributed by atoms with Crippen LogP contribution in [0.3, 0.4) is 0 Å². The van der Waals surface area contributed by atoms with Gasteiger partial charge in [-0.15, -0.1) is 0 Å². The maximum atomic E-state index is 12.4. The molecule has 2 heterocycles. The van der Waals surface area contributed by atoms with Gasteiger partial charge in [-0.3, -0.25) is 4.79 Å². The molecule has 0 atom stereocenters. The normalized spacial score (nSPS) is 15.1. The Kier molecular flexibility index (Phi) is 5.27. The zero-order valence-corrected chi connectivity index (χ0v) is 15.1. The standard InChI is InChI=1S/C19H24N4O3/c1-13-16(24)10-15(11-17(13)25)19(26)21-12-14-4-3-5-20-18(14)23-8-6-22(2)7-9-23/h3-5,10-11,24-25H,6-9,12H2,1-2H3,(H,21,26). The van der Waals surface area contributed by atoms with Crippen LogP contribution in [-0.2, 0) is 6.54 Å². The minimum atomic E-state index is -0.358. The van der Waals surface area contributed by atoms with Gasteiger partial charge in [-0.1, -0.05) is 6.07 Å². The van der Waals surface area contributed by atoms with Crippen LogP contribution >= 0.6 is 0 Å². The predicted molar refractivity (Wildman–Crippen MR) is 99.6 cm³/mol. The van der Waals surface area contributed by atoms with Gasteiger partial charge in [-0.2, -0.15) is 0 Å². The largest absolute Gasteiger partial charge is 0.508 e. The van der Waals surface area contributed by atoms with E-state index in [2.05, 4.69) is 27.1 Å². The fourth-order valence-corrected chi connectivity index (χ4v) is 2.96. The molecule has 0 saturated carbocycles. The molecule has 3 N–H and O–H groups in total. The molecule has 1 aliphatic rings. The van der Waals surface area contributed by atoms with Crippen molar-refractivity contribution < 1.29 is 15.0 Å². The monoisotopic (exact) mass is 356 g/mol. The molecule has 1 saturated heterocycles. The van der Waals surface area contributed by atoms with E-state index in [-0.39, 0.29) is 23.0 Å². The summed E-state index contributed by atoms with van der Waals surface area (Å²) in [6.45, 7) is 5.66. The Morgan fingerprint density at radius 1 is 1.19 bits per heavy atom. The Balaban J connectivity index is 1.71. The number of likely N-dealkylation sites (N-methyl/N-ethyl adjacent to an activating group) is 1. The van der Waals surface area contributed by atoms with Crippen LogP contribution in [0.5, 0.6) is 11.5 Å². The number of anilines is 1. The molecule has 3 rings (SSSR count). The molecule has 2 aromatic rings. The number of carbonyl (C=O) groups excluding carboxylic acids is 1. The Hall–Kier alpha value is -2.80. The number of rotatable bonds is 4. The minimum absolute atomic E-state index is 0.102. The van der Waals surface area contributed by atoms with Gasteiger partial charge in [0, 0.05) is 55.6 Å². The van der Waals surface area contributed by atoms with Crippen molar-refractivity contribution in [2.45, 2.75) is 13.5 Å². The van der Waals surface area contributed by atoms with Crippen LogP contribution in [0, 0.1) is 6.92 Å². The second-order valence-corrected chi connectivity index (χ2v) is 6.60. The summed E-state index contributed by atoms with van der Waals surface area (Å²) < 4.78 is 0. The number of hydrogen-bond acceptors (Lipinski definition) is 6. The van der Waals surface area contributed by atoms with Crippen molar-refractivity contribution in [3.8, 4) is 11.5 Å². The van der Waals surface area contributed by atoms with E-state index in [4.69, 9.17) is 0 Å². The van der Waals surface area contributed by atoms with Crippen LogP contribution in [0.1, 0.15) is 21.5 Å². The van der Waals surface area contributed by atoms with Crippen LogP contribution in [0.2, 0.25) is 0 Å². The van der Waals surface area contributed by atoms with Crippen molar-refractivity contribution in [2.24, 2.45) is 0 Å². The highest BCUT2D eigenvalue weighted by molar-refractivity contribution is 5.95. The van der Waals surface area contributed by atoms with Crippen LogP contribution in [0.4, 0.5) is 5.82 Å². The molecule has 0 radical (unpaired) electrons. The number of pyridine rings is 1. The number of aromatic hydroxyl groups is 2. The summed E-state index contributed by atoms with van der Waals surface area (Å²) in [6.07, 6.45) is 1.76. The van der Waals surface area contributed by atoms with E-state index in [1.54, 1.807) is 13.1 Å². The lowest BCUT2D eigenvalue weighted by molar-refractivity contribution is 0.0950. The van der Waals surface area contributed by atoms with E-state index >= 15 is 0 Å². The molecule has 0 aliphatic carbocycles. The first-order chi connectivity index (χ1) is 12.5. The fourth-order valence-electron chi connectivity index (χ4n) is 2.96. The fraction of sp³-hybridized carbons (Fsp3) is 0.368. The third-order valence-corrected chi connectivity index (χ3v) is 4.72. The number of hydrogen-bond donors (Lipinski definition) is 3. The number of carbonyl (C=O) groups is 1. The Morgan fingerprint density at radius 2 is 1.85 bits per heavy atom. The number of aromatic nitrogens is 1. The molecule has 1 aromatic heterocycles. The van der Waals surface area contributed by atoms with Crippen LogP contribution in [-0.4, -0.2) is 59.2 Å². The van der Waals surface area contributed by atoms with Gasteiger partial charge < -0.3 is 25.3 Å². The maximum Gasteiger partial charge on any atom is 0.251 e. The number of nitrogens with one attached hydrogen (secondary N) is 1.